The van der Waals surface area contributed by atoms with Gasteiger partial charge in [0.25, 0.3) is 5.91 Å². The van der Waals surface area contributed by atoms with Crippen molar-refractivity contribution in [3.8, 4) is 11.5 Å². The molecule has 0 heterocycles. The van der Waals surface area contributed by atoms with Crippen LogP contribution >= 0.6 is 0 Å². The van der Waals surface area contributed by atoms with E-state index in [0.29, 0.717) is 36.8 Å². The van der Waals surface area contributed by atoms with Crippen LogP contribution in [0.5, 0.6) is 11.5 Å². The predicted molar refractivity (Wildman–Crippen MR) is 123 cm³/mol. The molecule has 3 aromatic rings. The fourth-order valence-corrected chi connectivity index (χ4v) is 3.04. The standard InChI is InChI=1S/C26H29NO4/c1-3-4-16-30-19-22-17-21(10-15-25(22)29-2)26(28)27-23-11-13-24(14-12-23)31-18-20-8-6-5-7-9-20/h5-15,17H,3-4,16,18-19H2,1-2H3,(H,27,28). The molecular formula is C26H29NO4. The number of ether oxygens (including phenoxy) is 3. The first kappa shape index (κ1) is 22.4. The van der Waals surface area contributed by atoms with E-state index in [1.54, 1.807) is 19.2 Å². The minimum absolute atomic E-state index is 0.185. The third-order valence-corrected chi connectivity index (χ3v) is 4.80. The van der Waals surface area contributed by atoms with Gasteiger partial charge in [-0.05, 0) is 54.4 Å². The number of unbranched alkanes of at least 4 members (excludes halogenated alkanes) is 1. The molecule has 0 atom stereocenters. The number of carbonyl (C=O) groups is 1. The number of rotatable bonds is 11. The summed E-state index contributed by atoms with van der Waals surface area (Å²) in [5.74, 6) is 1.28. The average Bonchev–Trinajstić information content (AvgIpc) is 2.82. The van der Waals surface area contributed by atoms with Crippen LogP contribution in [0.4, 0.5) is 5.69 Å². The maximum Gasteiger partial charge on any atom is 0.255 e. The Hall–Kier alpha value is -3.31. The van der Waals surface area contributed by atoms with Gasteiger partial charge < -0.3 is 19.5 Å². The van der Waals surface area contributed by atoms with Crippen molar-refractivity contribution in [3.05, 3.63) is 89.5 Å². The van der Waals surface area contributed by atoms with Crippen molar-refractivity contribution in [2.45, 2.75) is 33.0 Å². The molecule has 5 nitrogen and oxygen atoms in total. The normalized spacial score (nSPS) is 10.5. The van der Waals surface area contributed by atoms with Crippen LogP contribution in [0.2, 0.25) is 0 Å². The van der Waals surface area contributed by atoms with Crippen LogP contribution in [0.25, 0.3) is 0 Å². The summed E-state index contributed by atoms with van der Waals surface area (Å²) in [5, 5.41) is 2.92. The highest BCUT2D eigenvalue weighted by Crippen LogP contribution is 2.23. The van der Waals surface area contributed by atoms with Gasteiger partial charge in [-0.15, -0.1) is 0 Å². The van der Waals surface area contributed by atoms with Crippen molar-refractivity contribution < 1.29 is 19.0 Å². The minimum atomic E-state index is -0.185. The van der Waals surface area contributed by atoms with Crippen LogP contribution in [0.1, 0.15) is 41.3 Å². The molecule has 31 heavy (non-hydrogen) atoms. The van der Waals surface area contributed by atoms with E-state index in [4.69, 9.17) is 14.2 Å². The molecule has 0 aromatic heterocycles. The second-order valence-electron chi connectivity index (χ2n) is 7.19. The molecule has 0 aliphatic carbocycles. The Bertz CT molecular complexity index is 955. The fraction of sp³-hybridized carbons (Fsp3) is 0.269. The quantitative estimate of drug-likeness (QED) is 0.397. The molecule has 0 radical (unpaired) electrons. The summed E-state index contributed by atoms with van der Waals surface area (Å²) in [6, 6.07) is 22.7. The van der Waals surface area contributed by atoms with E-state index in [-0.39, 0.29) is 5.91 Å². The molecule has 0 saturated heterocycles. The van der Waals surface area contributed by atoms with Crippen LogP contribution in [-0.4, -0.2) is 19.6 Å². The zero-order chi connectivity index (χ0) is 21.9. The van der Waals surface area contributed by atoms with Crippen molar-refractivity contribution in [2.75, 3.05) is 19.0 Å². The van der Waals surface area contributed by atoms with Crippen LogP contribution in [0.15, 0.2) is 72.8 Å². The van der Waals surface area contributed by atoms with E-state index in [1.807, 2.05) is 60.7 Å². The van der Waals surface area contributed by atoms with Crippen molar-refractivity contribution in [1.29, 1.82) is 0 Å². The van der Waals surface area contributed by atoms with Gasteiger partial charge in [0.1, 0.15) is 18.1 Å². The van der Waals surface area contributed by atoms with Crippen molar-refractivity contribution in [1.82, 2.24) is 0 Å². The molecule has 1 N–H and O–H groups in total. The van der Waals surface area contributed by atoms with E-state index in [1.165, 1.54) is 0 Å². The van der Waals surface area contributed by atoms with Crippen LogP contribution < -0.4 is 14.8 Å². The van der Waals surface area contributed by atoms with Crippen LogP contribution in [0, 0.1) is 0 Å². The van der Waals surface area contributed by atoms with Crippen LogP contribution in [-0.2, 0) is 18.0 Å². The van der Waals surface area contributed by atoms with Gasteiger partial charge in [0.2, 0.25) is 0 Å². The molecule has 0 fully saturated rings. The third kappa shape index (κ3) is 6.86. The number of anilines is 1. The second-order valence-corrected chi connectivity index (χ2v) is 7.19. The molecule has 3 aromatic carbocycles. The van der Waals surface area contributed by atoms with Gasteiger partial charge in [-0.2, -0.15) is 0 Å². The summed E-state index contributed by atoms with van der Waals surface area (Å²) >= 11 is 0. The largest absolute Gasteiger partial charge is 0.496 e. The lowest BCUT2D eigenvalue weighted by Crippen LogP contribution is -2.12. The number of benzene rings is 3. The molecule has 0 aliphatic rings. The zero-order valence-corrected chi connectivity index (χ0v) is 18.1. The van der Waals surface area contributed by atoms with Crippen LogP contribution in [0.3, 0.4) is 0 Å². The smallest absolute Gasteiger partial charge is 0.255 e. The maximum atomic E-state index is 12.7. The molecule has 0 unspecified atom stereocenters. The zero-order valence-electron chi connectivity index (χ0n) is 18.1. The average molecular weight is 420 g/mol. The first-order valence-electron chi connectivity index (χ1n) is 10.5. The lowest BCUT2D eigenvalue weighted by molar-refractivity contribution is 0.102. The second kappa shape index (κ2) is 11.8. The van der Waals surface area contributed by atoms with Gasteiger partial charge in [0, 0.05) is 23.4 Å². The summed E-state index contributed by atoms with van der Waals surface area (Å²) in [6.07, 6.45) is 2.09. The number of hydrogen-bond donors (Lipinski definition) is 1. The number of carbonyl (C=O) groups excluding carboxylic acids is 1. The summed E-state index contributed by atoms with van der Waals surface area (Å²) < 4.78 is 16.9. The molecule has 5 heteroatoms. The summed E-state index contributed by atoms with van der Waals surface area (Å²) in [5.41, 5.74) is 3.22. The summed E-state index contributed by atoms with van der Waals surface area (Å²) in [7, 11) is 1.62. The Labute approximate surface area is 184 Å². The highest BCUT2D eigenvalue weighted by Gasteiger charge is 2.11. The Kier molecular flexibility index (Phi) is 8.49. The summed E-state index contributed by atoms with van der Waals surface area (Å²) in [6.45, 7) is 3.73. The van der Waals surface area contributed by atoms with Crippen molar-refractivity contribution in [2.24, 2.45) is 0 Å². The van der Waals surface area contributed by atoms with Crippen molar-refractivity contribution in [3.63, 3.8) is 0 Å². The predicted octanol–water partition coefficient (Wildman–Crippen LogP) is 5.84. The minimum Gasteiger partial charge on any atom is -0.496 e. The monoisotopic (exact) mass is 419 g/mol. The van der Waals surface area contributed by atoms with Gasteiger partial charge in [-0.25, -0.2) is 0 Å². The number of hydrogen-bond acceptors (Lipinski definition) is 4. The van der Waals surface area contributed by atoms with E-state index in [2.05, 4.69) is 12.2 Å². The molecule has 0 spiro atoms. The molecule has 162 valence electrons. The van der Waals surface area contributed by atoms with Crippen molar-refractivity contribution >= 4 is 11.6 Å². The van der Waals surface area contributed by atoms with E-state index >= 15 is 0 Å². The lowest BCUT2D eigenvalue weighted by Gasteiger charge is -2.12. The van der Waals surface area contributed by atoms with E-state index < -0.39 is 0 Å². The third-order valence-electron chi connectivity index (χ3n) is 4.80. The number of amides is 1. The molecule has 1 amide bonds. The van der Waals surface area contributed by atoms with E-state index in [0.717, 1.165) is 29.7 Å². The van der Waals surface area contributed by atoms with Gasteiger partial charge in [0.05, 0.1) is 13.7 Å². The highest BCUT2D eigenvalue weighted by atomic mass is 16.5. The molecule has 0 aliphatic heterocycles. The Morgan fingerprint density at radius 2 is 1.71 bits per heavy atom. The molecular weight excluding hydrogens is 390 g/mol. The van der Waals surface area contributed by atoms with Gasteiger partial charge >= 0.3 is 0 Å². The first-order valence-corrected chi connectivity index (χ1v) is 10.5. The topological polar surface area (TPSA) is 56.8 Å². The maximum absolute atomic E-state index is 12.7. The van der Waals surface area contributed by atoms with Gasteiger partial charge in [0.15, 0.2) is 0 Å². The highest BCUT2D eigenvalue weighted by molar-refractivity contribution is 6.04. The molecule has 0 saturated carbocycles. The number of nitrogens with one attached hydrogen (secondary N) is 1. The Morgan fingerprint density at radius 1 is 0.935 bits per heavy atom. The van der Waals surface area contributed by atoms with E-state index in [9.17, 15) is 4.79 Å². The van der Waals surface area contributed by atoms with Gasteiger partial charge in [-0.1, -0.05) is 43.7 Å². The SMILES string of the molecule is CCCCOCc1cc(C(=O)Nc2ccc(OCc3ccccc3)cc2)ccc1OC. The number of methoxy groups -OCH3 is 1. The Balaban J connectivity index is 1.58. The Morgan fingerprint density at radius 3 is 2.42 bits per heavy atom. The fourth-order valence-electron chi connectivity index (χ4n) is 3.04. The molecule has 3 rings (SSSR count). The summed E-state index contributed by atoms with van der Waals surface area (Å²) in [4.78, 5) is 12.7. The first-order chi connectivity index (χ1) is 15.2. The van der Waals surface area contributed by atoms with Gasteiger partial charge in [-0.3, -0.25) is 4.79 Å². The molecule has 0 bridgehead atoms. The lowest BCUT2D eigenvalue weighted by atomic mass is 10.1.